The highest BCUT2D eigenvalue weighted by Gasteiger charge is 2.65. The normalized spacial score (nSPS) is 55.1. The van der Waals surface area contributed by atoms with Gasteiger partial charge in [0.1, 0.15) is 0 Å². The summed E-state index contributed by atoms with van der Waals surface area (Å²) in [6.45, 7) is 3.83. The fourth-order valence-corrected chi connectivity index (χ4v) is 5.55. The van der Waals surface area contributed by atoms with Crippen LogP contribution in [0.25, 0.3) is 0 Å². The van der Waals surface area contributed by atoms with Gasteiger partial charge in [0.15, 0.2) is 0 Å². The first kappa shape index (κ1) is 9.50. The summed E-state index contributed by atoms with van der Waals surface area (Å²) in [7, 11) is 0. The summed E-state index contributed by atoms with van der Waals surface area (Å²) in [6.07, 6.45) is 14.4. The molecule has 4 rings (SSSR count). The third-order valence-electron chi connectivity index (χ3n) is 6.14. The molecule has 4 aliphatic rings. The van der Waals surface area contributed by atoms with Crippen LogP contribution in [-0.4, -0.2) is 0 Å². The molecule has 0 N–H and O–H groups in total. The van der Waals surface area contributed by atoms with Crippen molar-refractivity contribution < 1.29 is 0 Å². The van der Waals surface area contributed by atoms with Crippen LogP contribution in [0.3, 0.4) is 0 Å². The van der Waals surface area contributed by atoms with E-state index in [0.29, 0.717) is 0 Å². The van der Waals surface area contributed by atoms with Gasteiger partial charge in [0, 0.05) is 0 Å². The number of fused-ring (bicyclic) bond motifs is 8. The zero-order chi connectivity index (χ0) is 10.7. The fraction of sp³-hybridized carbons (Fsp3) is 0.750. The molecule has 0 heterocycles. The summed E-state index contributed by atoms with van der Waals surface area (Å²) in [5.74, 6) is 7.65. The topological polar surface area (TPSA) is 0 Å². The molecule has 4 aliphatic carbocycles. The predicted octanol–water partition coefficient (Wildman–Crippen LogP) is 4.05. The van der Waals surface area contributed by atoms with Crippen molar-refractivity contribution in [2.45, 2.75) is 32.1 Å². The van der Waals surface area contributed by atoms with Crippen molar-refractivity contribution in [1.82, 2.24) is 0 Å². The van der Waals surface area contributed by atoms with Gasteiger partial charge >= 0.3 is 0 Å². The van der Waals surface area contributed by atoms with Gasteiger partial charge in [-0.2, -0.15) is 0 Å². The maximum Gasteiger partial charge on any atom is -0.0133 e. The lowest BCUT2D eigenvalue weighted by atomic mass is 9.46. The highest BCUT2D eigenvalue weighted by atomic mass is 14.7. The van der Waals surface area contributed by atoms with E-state index in [9.17, 15) is 0 Å². The SMILES string of the molecule is C=CCCCC1CC2CC1C1C3C=CC3C21. The molecule has 0 nitrogen and oxygen atoms in total. The molecular weight excluding hydrogens is 192 g/mol. The van der Waals surface area contributed by atoms with Crippen LogP contribution in [0.15, 0.2) is 24.8 Å². The standard InChI is InChI=1S/C16H22/c1-2-3-4-5-10-8-11-9-14(10)16-13-7-6-12(13)15(11)16/h2,6-7,10-16H,1,3-5,8-9H2. The molecule has 0 aliphatic heterocycles. The Labute approximate surface area is 98.8 Å². The summed E-state index contributed by atoms with van der Waals surface area (Å²) in [4.78, 5) is 0. The molecule has 16 heavy (non-hydrogen) atoms. The molecule has 86 valence electrons. The van der Waals surface area contributed by atoms with E-state index in [4.69, 9.17) is 0 Å². The highest BCUT2D eigenvalue weighted by molar-refractivity contribution is 5.27. The summed E-state index contributed by atoms with van der Waals surface area (Å²) in [5, 5.41) is 0. The number of allylic oxidation sites excluding steroid dienone is 3. The van der Waals surface area contributed by atoms with Crippen molar-refractivity contribution in [2.75, 3.05) is 0 Å². The maximum atomic E-state index is 3.83. The van der Waals surface area contributed by atoms with E-state index >= 15 is 0 Å². The van der Waals surface area contributed by atoms with Crippen LogP contribution in [-0.2, 0) is 0 Å². The van der Waals surface area contributed by atoms with E-state index in [-0.39, 0.29) is 0 Å². The van der Waals surface area contributed by atoms with Crippen molar-refractivity contribution in [3.8, 4) is 0 Å². The molecule has 0 aromatic carbocycles. The van der Waals surface area contributed by atoms with Crippen molar-refractivity contribution in [1.29, 1.82) is 0 Å². The first-order valence-electron chi connectivity index (χ1n) is 7.19. The van der Waals surface area contributed by atoms with Crippen LogP contribution in [0, 0.1) is 41.4 Å². The molecule has 0 radical (unpaired) electrons. The van der Waals surface area contributed by atoms with Crippen LogP contribution in [0.1, 0.15) is 32.1 Å². The minimum Gasteiger partial charge on any atom is -0.103 e. The summed E-state index contributed by atoms with van der Waals surface area (Å²) in [6, 6.07) is 0. The van der Waals surface area contributed by atoms with E-state index < -0.39 is 0 Å². The molecule has 3 fully saturated rings. The van der Waals surface area contributed by atoms with Gasteiger partial charge in [0.25, 0.3) is 0 Å². The van der Waals surface area contributed by atoms with Gasteiger partial charge in [0.2, 0.25) is 0 Å². The van der Waals surface area contributed by atoms with Gasteiger partial charge in [0.05, 0.1) is 0 Å². The Morgan fingerprint density at radius 2 is 1.94 bits per heavy atom. The summed E-state index contributed by atoms with van der Waals surface area (Å²) < 4.78 is 0. The summed E-state index contributed by atoms with van der Waals surface area (Å²) in [5.41, 5.74) is 0. The monoisotopic (exact) mass is 214 g/mol. The lowest BCUT2D eigenvalue weighted by molar-refractivity contribution is -0.0462. The third kappa shape index (κ3) is 1.02. The molecule has 3 saturated carbocycles. The lowest BCUT2D eigenvalue weighted by Crippen LogP contribution is -2.53. The molecule has 0 spiro atoms. The molecule has 0 amide bonds. The minimum atomic E-state index is 1.03. The average Bonchev–Trinajstić information content (AvgIpc) is 2.76. The second kappa shape index (κ2) is 3.24. The van der Waals surface area contributed by atoms with Gasteiger partial charge in [-0.25, -0.2) is 0 Å². The van der Waals surface area contributed by atoms with Gasteiger partial charge in [-0.1, -0.05) is 18.2 Å². The van der Waals surface area contributed by atoms with Gasteiger partial charge < -0.3 is 0 Å². The van der Waals surface area contributed by atoms with Gasteiger partial charge in [-0.15, -0.1) is 6.58 Å². The van der Waals surface area contributed by atoms with Crippen LogP contribution >= 0.6 is 0 Å². The Kier molecular flexibility index (Phi) is 1.93. The van der Waals surface area contributed by atoms with Crippen LogP contribution in [0.4, 0.5) is 0 Å². The maximum absolute atomic E-state index is 3.83. The smallest absolute Gasteiger partial charge is 0.0133 e. The molecule has 0 saturated heterocycles. The largest absolute Gasteiger partial charge is 0.103 e. The molecule has 0 aromatic heterocycles. The Morgan fingerprint density at radius 1 is 1.12 bits per heavy atom. The van der Waals surface area contributed by atoms with Crippen molar-refractivity contribution >= 4 is 0 Å². The van der Waals surface area contributed by atoms with E-state index in [1.165, 1.54) is 19.3 Å². The Hall–Kier alpha value is -0.520. The van der Waals surface area contributed by atoms with E-state index in [2.05, 4.69) is 24.8 Å². The molecule has 0 heteroatoms. The minimum absolute atomic E-state index is 1.03. The molecule has 2 bridgehead atoms. The predicted molar refractivity (Wildman–Crippen MR) is 66.9 cm³/mol. The third-order valence-corrected chi connectivity index (χ3v) is 6.14. The zero-order valence-electron chi connectivity index (χ0n) is 10.0. The highest BCUT2D eigenvalue weighted by Crippen LogP contribution is 2.71. The average molecular weight is 214 g/mol. The Bertz CT molecular complexity index is 340. The number of rotatable bonds is 4. The number of hydrogen-bond donors (Lipinski definition) is 0. The summed E-state index contributed by atoms with van der Waals surface area (Å²) >= 11 is 0. The number of hydrogen-bond acceptors (Lipinski definition) is 0. The number of unbranched alkanes of at least 4 members (excludes halogenated alkanes) is 1. The fourth-order valence-electron chi connectivity index (χ4n) is 5.55. The van der Waals surface area contributed by atoms with E-state index in [1.54, 1.807) is 12.8 Å². The molecule has 7 atom stereocenters. The van der Waals surface area contributed by atoms with Gasteiger partial charge in [-0.05, 0) is 73.5 Å². The molecule has 7 unspecified atom stereocenters. The second-order valence-electron chi connectivity index (χ2n) is 6.57. The van der Waals surface area contributed by atoms with Crippen LogP contribution in [0.2, 0.25) is 0 Å². The Morgan fingerprint density at radius 3 is 2.69 bits per heavy atom. The van der Waals surface area contributed by atoms with Crippen molar-refractivity contribution in [3.05, 3.63) is 24.8 Å². The molecular formula is C16H22. The van der Waals surface area contributed by atoms with Crippen LogP contribution in [0.5, 0.6) is 0 Å². The van der Waals surface area contributed by atoms with Gasteiger partial charge in [-0.3, -0.25) is 0 Å². The zero-order valence-corrected chi connectivity index (χ0v) is 10.0. The molecule has 0 aromatic rings. The van der Waals surface area contributed by atoms with Crippen molar-refractivity contribution in [2.24, 2.45) is 41.4 Å². The first-order valence-corrected chi connectivity index (χ1v) is 7.19. The quantitative estimate of drug-likeness (QED) is 0.489. The van der Waals surface area contributed by atoms with E-state index in [0.717, 1.165) is 41.4 Å². The lowest BCUT2D eigenvalue weighted by Gasteiger charge is -2.58. The second-order valence-corrected chi connectivity index (χ2v) is 6.57. The van der Waals surface area contributed by atoms with E-state index in [1.807, 2.05) is 0 Å². The first-order chi connectivity index (χ1) is 7.90. The van der Waals surface area contributed by atoms with Crippen LogP contribution < -0.4 is 0 Å². The van der Waals surface area contributed by atoms with Crippen molar-refractivity contribution in [3.63, 3.8) is 0 Å². The Balaban J connectivity index is 1.43.